The molecule has 0 saturated carbocycles. The van der Waals surface area contributed by atoms with Crippen molar-refractivity contribution in [2.45, 2.75) is 33.1 Å². The predicted octanol–water partition coefficient (Wildman–Crippen LogP) is 3.52. The van der Waals surface area contributed by atoms with Crippen molar-refractivity contribution in [3.05, 3.63) is 42.2 Å². The van der Waals surface area contributed by atoms with E-state index >= 15 is 0 Å². The van der Waals surface area contributed by atoms with E-state index in [0.29, 0.717) is 18.0 Å². The number of hydrogen-bond donors (Lipinski definition) is 1. The first-order chi connectivity index (χ1) is 12.1. The van der Waals surface area contributed by atoms with Crippen molar-refractivity contribution in [3.8, 4) is 11.1 Å². The summed E-state index contributed by atoms with van der Waals surface area (Å²) in [6.07, 6.45) is 7.09. The molecule has 1 amide bonds. The summed E-state index contributed by atoms with van der Waals surface area (Å²) < 4.78 is 0. The van der Waals surface area contributed by atoms with Gasteiger partial charge in [0.1, 0.15) is 0 Å². The van der Waals surface area contributed by atoms with Gasteiger partial charge in [0.2, 0.25) is 5.95 Å². The van der Waals surface area contributed by atoms with E-state index in [1.165, 1.54) is 12.8 Å². The number of hydrogen-bond acceptors (Lipinski definition) is 4. The molecule has 1 N–H and O–H groups in total. The number of aromatic nitrogens is 2. The third-order valence-corrected chi connectivity index (χ3v) is 4.49. The fourth-order valence-corrected chi connectivity index (χ4v) is 2.97. The Balaban J connectivity index is 1.69. The first kappa shape index (κ1) is 17.4. The minimum atomic E-state index is -0.0305. The lowest BCUT2D eigenvalue weighted by Crippen LogP contribution is -2.25. The Bertz CT molecular complexity index is 706. The van der Waals surface area contributed by atoms with Gasteiger partial charge in [-0.2, -0.15) is 0 Å². The van der Waals surface area contributed by atoms with Crippen LogP contribution in [0.1, 0.15) is 43.5 Å². The third kappa shape index (κ3) is 4.56. The number of nitrogens with zero attached hydrogens (tertiary/aromatic N) is 3. The Hall–Kier alpha value is -2.43. The molecule has 2 heterocycles. The molecule has 0 atom stereocenters. The summed E-state index contributed by atoms with van der Waals surface area (Å²) in [7, 11) is 0. The molecule has 5 heteroatoms. The van der Waals surface area contributed by atoms with Crippen LogP contribution < -0.4 is 10.2 Å². The van der Waals surface area contributed by atoms with E-state index in [0.717, 1.165) is 36.6 Å². The molecule has 132 valence electrons. The number of nitrogens with one attached hydrogen (secondary N) is 1. The predicted molar refractivity (Wildman–Crippen MR) is 101 cm³/mol. The van der Waals surface area contributed by atoms with E-state index < -0.39 is 0 Å². The molecule has 0 bridgehead atoms. The van der Waals surface area contributed by atoms with Crippen LogP contribution in [0.15, 0.2) is 36.7 Å². The summed E-state index contributed by atoms with van der Waals surface area (Å²) >= 11 is 0. The van der Waals surface area contributed by atoms with Crippen LogP contribution in [0.2, 0.25) is 0 Å². The standard InChI is InChI=1S/C20H26N4O/c1-15(2)8-9-21-19(25)17-7-5-6-16(12-17)18-13-22-20(23-14-18)24-10-3-4-11-24/h5-7,12-15H,3-4,8-11H2,1-2H3,(H,21,25). The average molecular weight is 338 g/mol. The lowest BCUT2D eigenvalue weighted by molar-refractivity contribution is 0.0952. The molecule has 1 aliphatic heterocycles. The molecule has 1 aromatic carbocycles. The first-order valence-electron chi connectivity index (χ1n) is 9.09. The van der Waals surface area contributed by atoms with Gasteiger partial charge in [-0.1, -0.05) is 26.0 Å². The van der Waals surface area contributed by atoms with Gasteiger partial charge in [-0.25, -0.2) is 9.97 Å². The van der Waals surface area contributed by atoms with E-state index in [1.54, 1.807) is 0 Å². The topological polar surface area (TPSA) is 58.1 Å². The molecular formula is C20H26N4O. The summed E-state index contributed by atoms with van der Waals surface area (Å²) in [5.74, 6) is 1.35. The molecule has 0 unspecified atom stereocenters. The first-order valence-corrected chi connectivity index (χ1v) is 9.09. The van der Waals surface area contributed by atoms with Gasteiger partial charge < -0.3 is 10.2 Å². The van der Waals surface area contributed by atoms with Gasteiger partial charge in [0, 0.05) is 43.2 Å². The van der Waals surface area contributed by atoms with E-state index in [2.05, 4.69) is 34.0 Å². The van der Waals surface area contributed by atoms with Gasteiger partial charge in [0.15, 0.2) is 0 Å². The minimum Gasteiger partial charge on any atom is -0.352 e. The fraction of sp³-hybridized carbons (Fsp3) is 0.450. The second kappa shape index (κ2) is 8.10. The van der Waals surface area contributed by atoms with Crippen LogP contribution in [0.25, 0.3) is 11.1 Å². The van der Waals surface area contributed by atoms with Crippen LogP contribution in [-0.4, -0.2) is 35.5 Å². The summed E-state index contributed by atoms with van der Waals surface area (Å²) in [5, 5.41) is 2.98. The third-order valence-electron chi connectivity index (χ3n) is 4.49. The molecule has 0 radical (unpaired) electrons. The zero-order valence-electron chi connectivity index (χ0n) is 15.0. The van der Waals surface area contributed by atoms with Crippen molar-refractivity contribution < 1.29 is 4.79 Å². The summed E-state index contributed by atoms with van der Waals surface area (Å²) in [5.41, 5.74) is 2.56. The van der Waals surface area contributed by atoms with Crippen molar-refractivity contribution in [1.29, 1.82) is 0 Å². The maximum absolute atomic E-state index is 12.3. The molecule has 1 aliphatic rings. The lowest BCUT2D eigenvalue weighted by Gasteiger charge is -2.14. The summed E-state index contributed by atoms with van der Waals surface area (Å²) in [6, 6.07) is 7.63. The lowest BCUT2D eigenvalue weighted by atomic mass is 10.1. The Morgan fingerprint density at radius 2 is 1.88 bits per heavy atom. The zero-order chi connectivity index (χ0) is 17.6. The van der Waals surface area contributed by atoms with Crippen molar-refractivity contribution in [3.63, 3.8) is 0 Å². The molecule has 3 rings (SSSR count). The van der Waals surface area contributed by atoms with E-state index in [1.807, 2.05) is 36.7 Å². The van der Waals surface area contributed by atoms with Crippen LogP contribution in [0.3, 0.4) is 0 Å². The number of carbonyl (C=O) groups is 1. The highest BCUT2D eigenvalue weighted by Gasteiger charge is 2.15. The van der Waals surface area contributed by atoms with Gasteiger partial charge in [-0.05, 0) is 42.9 Å². The SMILES string of the molecule is CC(C)CCNC(=O)c1cccc(-c2cnc(N3CCCC3)nc2)c1. The summed E-state index contributed by atoms with van der Waals surface area (Å²) in [6.45, 7) is 7.07. The van der Waals surface area contributed by atoms with Crippen molar-refractivity contribution in [1.82, 2.24) is 15.3 Å². The second-order valence-corrected chi connectivity index (χ2v) is 6.99. The van der Waals surface area contributed by atoms with Gasteiger partial charge in [-0.15, -0.1) is 0 Å². The minimum absolute atomic E-state index is 0.0305. The largest absolute Gasteiger partial charge is 0.352 e. The molecule has 25 heavy (non-hydrogen) atoms. The Kier molecular flexibility index (Phi) is 5.64. The monoisotopic (exact) mass is 338 g/mol. The van der Waals surface area contributed by atoms with Crippen molar-refractivity contribution in [2.75, 3.05) is 24.5 Å². The van der Waals surface area contributed by atoms with E-state index in [9.17, 15) is 4.79 Å². The van der Waals surface area contributed by atoms with Crippen molar-refractivity contribution >= 4 is 11.9 Å². The van der Waals surface area contributed by atoms with Crippen LogP contribution >= 0.6 is 0 Å². The number of amides is 1. The molecule has 5 nitrogen and oxygen atoms in total. The molecule has 0 spiro atoms. The highest BCUT2D eigenvalue weighted by molar-refractivity contribution is 5.95. The van der Waals surface area contributed by atoms with Gasteiger partial charge in [-0.3, -0.25) is 4.79 Å². The van der Waals surface area contributed by atoms with Crippen LogP contribution in [0, 0.1) is 5.92 Å². The number of carbonyl (C=O) groups excluding carboxylic acids is 1. The number of anilines is 1. The number of rotatable bonds is 6. The Labute approximate surface area is 149 Å². The highest BCUT2D eigenvalue weighted by Crippen LogP contribution is 2.21. The van der Waals surface area contributed by atoms with E-state index in [-0.39, 0.29) is 5.91 Å². The molecule has 1 saturated heterocycles. The average Bonchev–Trinajstić information content (AvgIpc) is 3.16. The molecule has 1 aromatic heterocycles. The molecular weight excluding hydrogens is 312 g/mol. The normalized spacial score (nSPS) is 14.1. The van der Waals surface area contributed by atoms with Gasteiger partial charge in [0.25, 0.3) is 5.91 Å². The van der Waals surface area contributed by atoms with Crippen LogP contribution in [-0.2, 0) is 0 Å². The molecule has 1 fully saturated rings. The number of benzene rings is 1. The van der Waals surface area contributed by atoms with Crippen molar-refractivity contribution in [2.24, 2.45) is 5.92 Å². The Morgan fingerprint density at radius 1 is 1.16 bits per heavy atom. The Morgan fingerprint density at radius 3 is 2.56 bits per heavy atom. The smallest absolute Gasteiger partial charge is 0.251 e. The summed E-state index contributed by atoms with van der Waals surface area (Å²) in [4.78, 5) is 23.5. The molecule has 2 aromatic rings. The van der Waals surface area contributed by atoms with Gasteiger partial charge in [0.05, 0.1) is 0 Å². The van der Waals surface area contributed by atoms with Gasteiger partial charge >= 0.3 is 0 Å². The maximum Gasteiger partial charge on any atom is 0.251 e. The quantitative estimate of drug-likeness (QED) is 0.875. The highest BCUT2D eigenvalue weighted by atomic mass is 16.1. The van der Waals surface area contributed by atoms with Crippen LogP contribution in [0.5, 0.6) is 0 Å². The fourth-order valence-electron chi connectivity index (χ4n) is 2.97. The molecule has 0 aliphatic carbocycles. The maximum atomic E-state index is 12.3. The van der Waals surface area contributed by atoms with E-state index in [4.69, 9.17) is 0 Å². The second-order valence-electron chi connectivity index (χ2n) is 6.99. The zero-order valence-corrected chi connectivity index (χ0v) is 15.0. The van der Waals surface area contributed by atoms with Crippen LogP contribution in [0.4, 0.5) is 5.95 Å².